The van der Waals surface area contributed by atoms with E-state index >= 15 is 0 Å². The Morgan fingerprint density at radius 3 is 1.80 bits per heavy atom. The maximum Gasteiger partial charge on any atom is 0.115 e. The molecule has 0 saturated heterocycles. The van der Waals surface area contributed by atoms with Crippen LogP contribution >= 0.6 is 0 Å². The Balaban J connectivity index is 4.10. The molecule has 0 aliphatic heterocycles. The van der Waals surface area contributed by atoms with Gasteiger partial charge < -0.3 is 10.8 Å². The van der Waals surface area contributed by atoms with E-state index in [1.807, 2.05) is 13.8 Å². The molecule has 0 radical (unpaired) electrons. The number of hydrogen-bond donors (Lipinski definition) is 2. The van der Waals surface area contributed by atoms with Crippen LogP contribution in [0.25, 0.3) is 0 Å². The predicted molar refractivity (Wildman–Crippen MR) is 43.5 cm³/mol. The molecule has 0 amide bonds. The van der Waals surface area contributed by atoms with E-state index in [0.29, 0.717) is 0 Å². The average Bonchev–Trinajstić information content (AvgIpc) is 1.61. The molecule has 10 heavy (non-hydrogen) atoms. The Hall–Kier alpha value is -0.0800. The van der Waals surface area contributed by atoms with Crippen LogP contribution in [0.3, 0.4) is 0 Å². The van der Waals surface area contributed by atoms with Crippen LogP contribution < -0.4 is 5.73 Å². The Bertz CT molecular complexity index is 102. The third-order valence-corrected chi connectivity index (χ3v) is 2.25. The molecular weight excluding hydrogens is 126 g/mol. The van der Waals surface area contributed by atoms with Crippen molar-refractivity contribution < 1.29 is 5.11 Å². The summed E-state index contributed by atoms with van der Waals surface area (Å²) in [6.07, 6.45) is 2.01. The fourth-order valence-electron chi connectivity index (χ4n) is 0.878. The minimum absolute atomic E-state index is 0.179. The summed E-state index contributed by atoms with van der Waals surface area (Å²) in [5.41, 5.74) is 4.32. The van der Waals surface area contributed by atoms with Gasteiger partial charge in [-0.1, -0.05) is 27.2 Å². The van der Waals surface area contributed by atoms with Crippen molar-refractivity contribution in [3.8, 4) is 0 Å². The normalized spacial score (nSPS) is 18.6. The molecule has 0 aromatic carbocycles. The predicted octanol–water partition coefficient (Wildman–Crippen LogP) is 1.48. The number of hydrogen-bond acceptors (Lipinski definition) is 2. The number of rotatable bonds is 3. The van der Waals surface area contributed by atoms with Crippen LogP contribution in [0.2, 0.25) is 0 Å². The van der Waals surface area contributed by atoms with Crippen LogP contribution in [0.15, 0.2) is 0 Å². The van der Waals surface area contributed by atoms with Crippen molar-refractivity contribution in [2.45, 2.75) is 46.3 Å². The summed E-state index contributed by atoms with van der Waals surface area (Å²) in [6.45, 7) is 7.71. The first-order valence-electron chi connectivity index (χ1n) is 3.82. The Morgan fingerprint density at radius 2 is 1.70 bits per heavy atom. The summed E-state index contributed by atoms with van der Waals surface area (Å²) in [5.74, 6) is 0. The highest BCUT2D eigenvalue weighted by Gasteiger charge is 2.34. The van der Waals surface area contributed by atoms with Crippen LogP contribution in [-0.2, 0) is 0 Å². The lowest BCUT2D eigenvalue weighted by Gasteiger charge is -2.36. The molecule has 0 aromatic heterocycles. The maximum absolute atomic E-state index is 9.45. The van der Waals surface area contributed by atoms with Crippen molar-refractivity contribution in [2.75, 3.05) is 0 Å². The first-order chi connectivity index (χ1) is 4.31. The van der Waals surface area contributed by atoms with Gasteiger partial charge in [-0.05, 0) is 13.3 Å². The highest BCUT2D eigenvalue weighted by atomic mass is 16.3. The molecule has 0 saturated carbocycles. The van der Waals surface area contributed by atoms with E-state index in [2.05, 4.69) is 6.92 Å². The van der Waals surface area contributed by atoms with Crippen LogP contribution in [-0.4, -0.2) is 10.8 Å². The summed E-state index contributed by atoms with van der Waals surface area (Å²) >= 11 is 0. The van der Waals surface area contributed by atoms with Crippen LogP contribution in [0.1, 0.15) is 40.5 Å². The summed E-state index contributed by atoms with van der Waals surface area (Å²) in [4.78, 5) is 0. The molecule has 0 heterocycles. The lowest BCUT2D eigenvalue weighted by molar-refractivity contribution is -0.0506. The van der Waals surface area contributed by atoms with Gasteiger partial charge in [0.1, 0.15) is 5.72 Å². The van der Waals surface area contributed by atoms with E-state index in [0.717, 1.165) is 12.8 Å². The van der Waals surface area contributed by atoms with E-state index in [1.165, 1.54) is 0 Å². The minimum Gasteiger partial charge on any atom is -0.376 e. The largest absolute Gasteiger partial charge is 0.376 e. The molecule has 0 aliphatic carbocycles. The van der Waals surface area contributed by atoms with Gasteiger partial charge in [0.2, 0.25) is 0 Å². The highest BCUT2D eigenvalue weighted by Crippen LogP contribution is 2.31. The standard InChI is InChI=1S/C8H19NO/c1-5-6-7(2,3)8(4,9)10/h10H,5-6,9H2,1-4H3. The average molecular weight is 145 g/mol. The SMILES string of the molecule is CCCC(C)(C)C(C)(N)O. The zero-order chi connectivity index (χ0) is 8.41. The number of aliphatic hydroxyl groups is 1. The molecule has 0 rings (SSSR count). The van der Waals surface area contributed by atoms with E-state index in [4.69, 9.17) is 5.73 Å². The van der Waals surface area contributed by atoms with Crippen molar-refractivity contribution in [1.29, 1.82) is 0 Å². The third kappa shape index (κ3) is 2.27. The molecule has 3 N–H and O–H groups in total. The van der Waals surface area contributed by atoms with E-state index in [-0.39, 0.29) is 5.41 Å². The molecule has 0 spiro atoms. The molecule has 1 unspecified atom stereocenters. The second kappa shape index (κ2) is 2.89. The zero-order valence-electron chi connectivity index (χ0n) is 7.44. The first kappa shape index (κ1) is 9.92. The summed E-state index contributed by atoms with van der Waals surface area (Å²) in [5, 5.41) is 9.45. The Morgan fingerprint density at radius 1 is 1.30 bits per heavy atom. The smallest absolute Gasteiger partial charge is 0.115 e. The molecule has 2 nitrogen and oxygen atoms in total. The summed E-state index contributed by atoms with van der Waals surface area (Å²) < 4.78 is 0. The fourth-order valence-corrected chi connectivity index (χ4v) is 0.878. The fraction of sp³-hybridized carbons (Fsp3) is 1.00. The monoisotopic (exact) mass is 145 g/mol. The van der Waals surface area contributed by atoms with Gasteiger partial charge in [-0.25, -0.2) is 0 Å². The molecule has 0 fully saturated rings. The van der Waals surface area contributed by atoms with Gasteiger partial charge >= 0.3 is 0 Å². The number of nitrogens with two attached hydrogens (primary N) is 1. The lowest BCUT2D eigenvalue weighted by Crippen LogP contribution is -2.49. The van der Waals surface area contributed by atoms with Gasteiger partial charge in [0.15, 0.2) is 0 Å². The zero-order valence-corrected chi connectivity index (χ0v) is 7.44. The molecule has 2 heteroatoms. The quantitative estimate of drug-likeness (QED) is 0.591. The van der Waals surface area contributed by atoms with Gasteiger partial charge in [-0.2, -0.15) is 0 Å². The molecular formula is C8H19NO. The molecule has 0 aromatic rings. The van der Waals surface area contributed by atoms with Crippen molar-refractivity contribution in [3.63, 3.8) is 0 Å². The third-order valence-electron chi connectivity index (χ3n) is 2.25. The first-order valence-corrected chi connectivity index (χ1v) is 3.82. The van der Waals surface area contributed by atoms with Gasteiger partial charge in [0.05, 0.1) is 0 Å². The summed E-state index contributed by atoms with van der Waals surface area (Å²) in [7, 11) is 0. The van der Waals surface area contributed by atoms with Crippen LogP contribution in [0, 0.1) is 5.41 Å². The molecule has 0 aliphatic rings. The van der Waals surface area contributed by atoms with Crippen molar-refractivity contribution in [1.82, 2.24) is 0 Å². The molecule has 62 valence electrons. The van der Waals surface area contributed by atoms with Crippen molar-refractivity contribution in [3.05, 3.63) is 0 Å². The van der Waals surface area contributed by atoms with Crippen molar-refractivity contribution in [2.24, 2.45) is 11.1 Å². The van der Waals surface area contributed by atoms with Gasteiger partial charge in [-0.3, -0.25) is 0 Å². The highest BCUT2D eigenvalue weighted by molar-refractivity contribution is 4.83. The minimum atomic E-state index is -1.05. The molecule has 0 bridgehead atoms. The van der Waals surface area contributed by atoms with E-state index in [1.54, 1.807) is 6.92 Å². The van der Waals surface area contributed by atoms with E-state index < -0.39 is 5.72 Å². The van der Waals surface area contributed by atoms with Crippen molar-refractivity contribution >= 4 is 0 Å². The van der Waals surface area contributed by atoms with Crippen LogP contribution in [0.5, 0.6) is 0 Å². The van der Waals surface area contributed by atoms with Gasteiger partial charge in [-0.15, -0.1) is 0 Å². The van der Waals surface area contributed by atoms with E-state index in [9.17, 15) is 5.11 Å². The second-order valence-electron chi connectivity index (χ2n) is 3.78. The Labute approximate surface area is 63.4 Å². The topological polar surface area (TPSA) is 46.2 Å². The van der Waals surface area contributed by atoms with Crippen LogP contribution in [0.4, 0.5) is 0 Å². The lowest BCUT2D eigenvalue weighted by atomic mass is 9.79. The van der Waals surface area contributed by atoms with Gasteiger partial charge in [0, 0.05) is 5.41 Å². The molecule has 1 atom stereocenters. The maximum atomic E-state index is 9.45. The Kier molecular flexibility index (Phi) is 2.86. The van der Waals surface area contributed by atoms with Gasteiger partial charge in [0.25, 0.3) is 0 Å². The second-order valence-corrected chi connectivity index (χ2v) is 3.78. The summed E-state index contributed by atoms with van der Waals surface area (Å²) in [6, 6.07) is 0.